The van der Waals surface area contributed by atoms with Gasteiger partial charge in [-0.05, 0) is 86.7 Å². The molecule has 2 amide bonds. The van der Waals surface area contributed by atoms with Crippen LogP contribution in [0.4, 0.5) is 11.4 Å². The molecular weight excluding hydrogens is 586 g/mol. The van der Waals surface area contributed by atoms with Crippen LogP contribution in [0.2, 0.25) is 0 Å². The van der Waals surface area contributed by atoms with E-state index < -0.39 is 17.9 Å². The molecule has 1 aromatic heterocycles. The zero-order chi connectivity index (χ0) is 33.2. The van der Waals surface area contributed by atoms with Gasteiger partial charge in [-0.15, -0.1) is 0 Å². The average Bonchev–Trinajstić information content (AvgIpc) is 3.01. The molecule has 0 bridgehead atoms. The third kappa shape index (κ3) is 8.72. The Balaban J connectivity index is 1.82. The maximum absolute atomic E-state index is 14.7. The quantitative estimate of drug-likeness (QED) is 0.107. The number of benzene rings is 3. The molecule has 0 aliphatic carbocycles. The number of nitrogens with zero attached hydrogens (tertiary/aromatic N) is 3. The van der Waals surface area contributed by atoms with Crippen molar-refractivity contribution in [2.24, 2.45) is 5.84 Å². The van der Waals surface area contributed by atoms with Crippen LogP contribution in [0.3, 0.4) is 0 Å². The number of aromatic nitrogens is 1. The topological polar surface area (TPSA) is 136 Å². The first-order chi connectivity index (χ1) is 22.1. The van der Waals surface area contributed by atoms with Crippen LogP contribution in [-0.2, 0) is 25.7 Å². The molecule has 4 rings (SSSR count). The predicted molar refractivity (Wildman–Crippen MR) is 177 cm³/mol. The van der Waals surface area contributed by atoms with Gasteiger partial charge in [0.15, 0.2) is 11.5 Å². The first kappa shape index (κ1) is 33.7. The summed E-state index contributed by atoms with van der Waals surface area (Å²) in [5.41, 5.74) is 2.36. The Labute approximate surface area is 269 Å². The molecule has 242 valence electrons. The SMILES string of the molecule is CCOC(=O)CN(Cc1cccc(NC(C)=O)c1)C(=O)C(c1ccc(OC(C)C)c(OCC)c1)N(N)c1ccc2cnccc2c1. The first-order valence-electron chi connectivity index (χ1n) is 15.2. The van der Waals surface area contributed by atoms with Crippen LogP contribution in [0.25, 0.3) is 10.8 Å². The van der Waals surface area contributed by atoms with Gasteiger partial charge in [-0.25, -0.2) is 5.84 Å². The average molecular weight is 628 g/mol. The van der Waals surface area contributed by atoms with Crippen LogP contribution in [0, 0.1) is 0 Å². The largest absolute Gasteiger partial charge is 0.490 e. The molecule has 0 saturated heterocycles. The number of nitrogens with one attached hydrogen (secondary N) is 1. The number of carbonyl (C=O) groups is 3. The van der Waals surface area contributed by atoms with E-state index in [-0.39, 0.29) is 31.7 Å². The summed E-state index contributed by atoms with van der Waals surface area (Å²) in [4.78, 5) is 44.8. The fourth-order valence-corrected chi connectivity index (χ4v) is 5.04. The summed E-state index contributed by atoms with van der Waals surface area (Å²) < 4.78 is 17.1. The van der Waals surface area contributed by atoms with Gasteiger partial charge in [0, 0.05) is 36.9 Å². The van der Waals surface area contributed by atoms with Crippen molar-refractivity contribution in [1.82, 2.24) is 9.88 Å². The maximum Gasteiger partial charge on any atom is 0.325 e. The van der Waals surface area contributed by atoms with E-state index in [4.69, 9.17) is 20.1 Å². The summed E-state index contributed by atoms with van der Waals surface area (Å²) in [6.45, 7) is 9.08. The molecule has 1 atom stereocenters. The molecule has 0 saturated carbocycles. The maximum atomic E-state index is 14.7. The minimum Gasteiger partial charge on any atom is -0.490 e. The van der Waals surface area contributed by atoms with Crippen molar-refractivity contribution in [3.63, 3.8) is 0 Å². The normalized spacial score (nSPS) is 11.5. The number of hydrogen-bond donors (Lipinski definition) is 2. The zero-order valence-corrected chi connectivity index (χ0v) is 26.9. The number of esters is 1. The van der Waals surface area contributed by atoms with Crippen molar-refractivity contribution >= 4 is 39.9 Å². The number of carbonyl (C=O) groups excluding carboxylic acids is 3. The van der Waals surface area contributed by atoms with Crippen molar-refractivity contribution < 1.29 is 28.6 Å². The molecule has 0 radical (unpaired) electrons. The Bertz CT molecular complexity index is 1680. The highest BCUT2D eigenvalue weighted by atomic mass is 16.5. The van der Waals surface area contributed by atoms with Gasteiger partial charge in [0.1, 0.15) is 12.6 Å². The smallest absolute Gasteiger partial charge is 0.325 e. The molecule has 0 aliphatic rings. The van der Waals surface area contributed by atoms with E-state index in [0.717, 1.165) is 10.8 Å². The minimum absolute atomic E-state index is 0.0473. The summed E-state index contributed by atoms with van der Waals surface area (Å²) in [5.74, 6) is 6.60. The van der Waals surface area contributed by atoms with Gasteiger partial charge in [-0.3, -0.25) is 24.4 Å². The van der Waals surface area contributed by atoms with E-state index in [0.29, 0.717) is 40.6 Å². The fourth-order valence-electron chi connectivity index (χ4n) is 5.04. The molecule has 3 N–H and O–H groups in total. The molecule has 1 unspecified atom stereocenters. The zero-order valence-electron chi connectivity index (χ0n) is 26.9. The second-order valence-electron chi connectivity index (χ2n) is 10.9. The van der Waals surface area contributed by atoms with E-state index >= 15 is 0 Å². The van der Waals surface area contributed by atoms with Gasteiger partial charge >= 0.3 is 5.97 Å². The fraction of sp³-hybridized carbons (Fsp3) is 0.314. The van der Waals surface area contributed by atoms with Crippen LogP contribution in [0.1, 0.15) is 51.8 Å². The van der Waals surface area contributed by atoms with Crippen LogP contribution < -0.4 is 25.6 Å². The second kappa shape index (κ2) is 15.7. The van der Waals surface area contributed by atoms with E-state index in [1.807, 2.05) is 51.1 Å². The van der Waals surface area contributed by atoms with Gasteiger partial charge in [0.2, 0.25) is 5.91 Å². The number of nitrogens with two attached hydrogens (primary N) is 1. The predicted octanol–water partition coefficient (Wildman–Crippen LogP) is 5.39. The summed E-state index contributed by atoms with van der Waals surface area (Å²) in [6.07, 6.45) is 3.34. The van der Waals surface area contributed by atoms with Crippen molar-refractivity contribution in [2.45, 2.75) is 53.3 Å². The Morgan fingerprint density at radius 1 is 0.935 bits per heavy atom. The molecule has 1 heterocycles. The number of anilines is 2. The summed E-state index contributed by atoms with van der Waals surface area (Å²) in [7, 11) is 0. The first-order valence-corrected chi connectivity index (χ1v) is 15.2. The lowest BCUT2D eigenvalue weighted by molar-refractivity contribution is -0.149. The van der Waals surface area contributed by atoms with E-state index in [2.05, 4.69) is 10.3 Å². The number of amides is 2. The Morgan fingerprint density at radius 3 is 2.46 bits per heavy atom. The van der Waals surface area contributed by atoms with Crippen molar-refractivity contribution in [3.8, 4) is 11.5 Å². The Hall–Kier alpha value is -5.16. The van der Waals surface area contributed by atoms with Crippen molar-refractivity contribution in [3.05, 3.63) is 90.3 Å². The summed E-state index contributed by atoms with van der Waals surface area (Å²) in [5, 5.41) is 5.95. The van der Waals surface area contributed by atoms with Crippen LogP contribution >= 0.6 is 0 Å². The number of pyridine rings is 1. The van der Waals surface area contributed by atoms with Crippen LogP contribution in [0.5, 0.6) is 11.5 Å². The number of hydrazine groups is 1. The third-order valence-corrected chi connectivity index (χ3v) is 6.94. The summed E-state index contributed by atoms with van der Waals surface area (Å²) >= 11 is 0. The van der Waals surface area contributed by atoms with Crippen LogP contribution in [0.15, 0.2) is 79.1 Å². The number of ether oxygens (including phenoxy) is 3. The standard InChI is InChI=1S/C35H41N5O6/c1-6-44-32-19-27(12-14-31(32)46-23(3)4)34(40(36)30-13-11-28-20-37-16-15-26(28)18-30)35(43)39(22-33(42)45-7-2)21-25-9-8-10-29(17-25)38-24(5)41/h8-20,23,34H,6-7,21-22,36H2,1-5H3,(H,38,41). The highest BCUT2D eigenvalue weighted by Gasteiger charge is 2.33. The van der Waals surface area contributed by atoms with Gasteiger partial charge in [-0.2, -0.15) is 0 Å². The Morgan fingerprint density at radius 2 is 1.74 bits per heavy atom. The van der Waals surface area contributed by atoms with Gasteiger partial charge in [-0.1, -0.05) is 24.3 Å². The lowest BCUT2D eigenvalue weighted by atomic mass is 10.0. The van der Waals surface area contributed by atoms with Crippen LogP contribution in [-0.4, -0.2) is 53.5 Å². The molecule has 11 nitrogen and oxygen atoms in total. The molecule has 3 aromatic carbocycles. The van der Waals surface area contributed by atoms with Gasteiger partial charge in [0.25, 0.3) is 5.91 Å². The monoisotopic (exact) mass is 627 g/mol. The van der Waals surface area contributed by atoms with E-state index in [1.54, 1.807) is 55.7 Å². The number of fused-ring (bicyclic) bond motifs is 1. The molecule has 4 aromatic rings. The highest BCUT2D eigenvalue weighted by Crippen LogP contribution is 2.35. The molecule has 0 aliphatic heterocycles. The van der Waals surface area contributed by atoms with Crippen molar-refractivity contribution in [1.29, 1.82) is 0 Å². The second-order valence-corrected chi connectivity index (χ2v) is 10.9. The molecule has 0 fully saturated rings. The molecule has 11 heteroatoms. The Kier molecular flexibility index (Phi) is 11.5. The number of hydrogen-bond acceptors (Lipinski definition) is 9. The minimum atomic E-state index is -1.08. The lowest BCUT2D eigenvalue weighted by Gasteiger charge is -2.34. The molecule has 46 heavy (non-hydrogen) atoms. The lowest BCUT2D eigenvalue weighted by Crippen LogP contribution is -2.47. The highest BCUT2D eigenvalue weighted by molar-refractivity contribution is 5.91. The third-order valence-electron chi connectivity index (χ3n) is 6.94. The van der Waals surface area contributed by atoms with Gasteiger partial charge < -0.3 is 24.4 Å². The van der Waals surface area contributed by atoms with Crippen molar-refractivity contribution in [2.75, 3.05) is 30.1 Å². The van der Waals surface area contributed by atoms with E-state index in [9.17, 15) is 14.4 Å². The molecule has 0 spiro atoms. The summed E-state index contributed by atoms with van der Waals surface area (Å²) in [6, 6.07) is 18.7. The molecular formula is C35H41N5O6. The van der Waals surface area contributed by atoms with E-state index in [1.165, 1.54) is 16.8 Å². The number of rotatable bonds is 14. The van der Waals surface area contributed by atoms with Gasteiger partial charge in [0.05, 0.1) is 25.0 Å².